The molecule has 0 aromatic carbocycles. The molecule has 1 fully saturated rings. The Morgan fingerprint density at radius 1 is 1.37 bits per heavy atom. The molecule has 6 nitrogen and oxygen atoms in total. The lowest BCUT2D eigenvalue weighted by atomic mass is 10.3. The average Bonchev–Trinajstić information content (AvgIpc) is 2.93. The van der Waals surface area contributed by atoms with Gasteiger partial charge in [-0.1, -0.05) is 0 Å². The third-order valence-electron chi connectivity index (χ3n) is 2.98. The van der Waals surface area contributed by atoms with Crippen molar-refractivity contribution in [1.29, 1.82) is 0 Å². The van der Waals surface area contributed by atoms with Crippen LogP contribution in [0.5, 0.6) is 0 Å². The third kappa shape index (κ3) is 3.31. The molecule has 7 heteroatoms. The quantitative estimate of drug-likeness (QED) is 0.688. The molecule has 0 radical (unpaired) electrons. The van der Waals surface area contributed by atoms with Gasteiger partial charge < -0.3 is 20.4 Å². The van der Waals surface area contributed by atoms with Gasteiger partial charge in [-0.3, -0.25) is 9.59 Å². The number of nitrogens with one attached hydrogen (secondary N) is 1. The number of β-amino-alcohol motifs (C(OH)–C–C–N with tert-alkyl or cyclic N) is 2. The second-order valence-corrected chi connectivity index (χ2v) is 5.81. The standard InChI is InChI=1S/C12H16N2O4S/c1-7-2-3-10(19-7)12(18)13-4-11(17)14-5-8(15)9(16)6-14/h2-3,8-9,15-16H,4-6H2,1H3,(H,13,18). The number of rotatable bonds is 3. The lowest BCUT2D eigenvalue weighted by Gasteiger charge is -2.15. The second-order valence-electron chi connectivity index (χ2n) is 4.53. The van der Waals surface area contributed by atoms with E-state index in [9.17, 15) is 19.8 Å². The molecule has 1 aromatic heterocycles. The Hall–Kier alpha value is -1.44. The monoisotopic (exact) mass is 284 g/mol. The molecule has 2 unspecified atom stereocenters. The van der Waals surface area contributed by atoms with Gasteiger partial charge in [0.15, 0.2) is 0 Å². The summed E-state index contributed by atoms with van der Waals surface area (Å²) in [5.41, 5.74) is 0. The average molecular weight is 284 g/mol. The van der Waals surface area contributed by atoms with Gasteiger partial charge in [0.1, 0.15) is 0 Å². The van der Waals surface area contributed by atoms with Crippen LogP contribution in [-0.4, -0.2) is 58.8 Å². The number of aliphatic hydroxyl groups is 2. The Labute approximate surface area is 114 Å². The lowest BCUT2D eigenvalue weighted by molar-refractivity contribution is -0.129. The van der Waals surface area contributed by atoms with E-state index in [2.05, 4.69) is 5.32 Å². The summed E-state index contributed by atoms with van der Waals surface area (Å²) < 4.78 is 0. The first-order valence-electron chi connectivity index (χ1n) is 5.96. The molecule has 0 bridgehead atoms. The maximum atomic E-state index is 11.8. The zero-order valence-corrected chi connectivity index (χ0v) is 11.3. The first-order chi connectivity index (χ1) is 8.97. The number of hydrogen-bond acceptors (Lipinski definition) is 5. The molecule has 1 aliphatic heterocycles. The Bertz CT molecular complexity index is 478. The van der Waals surface area contributed by atoms with Crippen LogP contribution in [0.3, 0.4) is 0 Å². The summed E-state index contributed by atoms with van der Waals surface area (Å²) in [6.07, 6.45) is -1.81. The van der Waals surface area contributed by atoms with Gasteiger partial charge in [-0.25, -0.2) is 0 Å². The van der Waals surface area contributed by atoms with E-state index >= 15 is 0 Å². The Morgan fingerprint density at radius 2 is 2.00 bits per heavy atom. The molecule has 0 saturated carbocycles. The van der Waals surface area contributed by atoms with Crippen LogP contribution in [0.4, 0.5) is 0 Å². The maximum Gasteiger partial charge on any atom is 0.261 e. The molecule has 1 aromatic rings. The first-order valence-corrected chi connectivity index (χ1v) is 6.77. The fraction of sp³-hybridized carbons (Fsp3) is 0.500. The smallest absolute Gasteiger partial charge is 0.261 e. The van der Waals surface area contributed by atoms with Crippen LogP contribution in [-0.2, 0) is 4.79 Å². The molecule has 2 amide bonds. The highest BCUT2D eigenvalue weighted by Gasteiger charge is 2.32. The van der Waals surface area contributed by atoms with Crippen molar-refractivity contribution in [3.8, 4) is 0 Å². The van der Waals surface area contributed by atoms with E-state index in [4.69, 9.17) is 0 Å². The number of thiophene rings is 1. The van der Waals surface area contributed by atoms with Crippen LogP contribution < -0.4 is 5.32 Å². The Balaban J connectivity index is 1.82. The van der Waals surface area contributed by atoms with Crippen LogP contribution in [0.15, 0.2) is 12.1 Å². The van der Waals surface area contributed by atoms with Crippen molar-refractivity contribution in [3.05, 3.63) is 21.9 Å². The Kier molecular flexibility index (Phi) is 4.18. The van der Waals surface area contributed by atoms with E-state index in [0.29, 0.717) is 4.88 Å². The van der Waals surface area contributed by atoms with E-state index in [-0.39, 0.29) is 31.4 Å². The lowest BCUT2D eigenvalue weighted by Crippen LogP contribution is -2.39. The first kappa shape index (κ1) is 14.0. The number of aliphatic hydroxyl groups excluding tert-OH is 2. The summed E-state index contributed by atoms with van der Waals surface area (Å²) in [4.78, 5) is 26.4. The largest absolute Gasteiger partial charge is 0.388 e. The minimum absolute atomic E-state index is 0.105. The van der Waals surface area contributed by atoms with E-state index in [1.807, 2.05) is 13.0 Å². The van der Waals surface area contributed by atoms with Gasteiger partial charge in [-0.05, 0) is 19.1 Å². The highest BCUT2D eigenvalue weighted by atomic mass is 32.1. The van der Waals surface area contributed by atoms with Crippen LogP contribution >= 0.6 is 11.3 Å². The van der Waals surface area contributed by atoms with Crippen molar-refractivity contribution in [2.45, 2.75) is 19.1 Å². The molecular formula is C12H16N2O4S. The fourth-order valence-electron chi connectivity index (χ4n) is 1.88. The predicted molar refractivity (Wildman–Crippen MR) is 70.0 cm³/mol. The van der Waals surface area contributed by atoms with Crippen LogP contribution in [0, 0.1) is 6.92 Å². The summed E-state index contributed by atoms with van der Waals surface area (Å²) >= 11 is 1.36. The highest BCUT2D eigenvalue weighted by Crippen LogP contribution is 2.14. The van der Waals surface area contributed by atoms with Crippen molar-refractivity contribution >= 4 is 23.2 Å². The van der Waals surface area contributed by atoms with E-state index < -0.39 is 12.2 Å². The molecule has 1 saturated heterocycles. The summed E-state index contributed by atoms with van der Waals surface area (Å²) in [5, 5.41) is 21.2. The van der Waals surface area contributed by atoms with E-state index in [1.165, 1.54) is 16.2 Å². The number of likely N-dealkylation sites (tertiary alicyclic amines) is 1. The molecule has 1 aliphatic rings. The normalized spacial score (nSPS) is 22.6. The van der Waals surface area contributed by atoms with Crippen LogP contribution in [0.1, 0.15) is 14.5 Å². The number of amides is 2. The molecule has 19 heavy (non-hydrogen) atoms. The van der Waals surface area contributed by atoms with Gasteiger partial charge in [0.25, 0.3) is 5.91 Å². The summed E-state index contributed by atoms with van der Waals surface area (Å²) in [6, 6.07) is 3.55. The van der Waals surface area contributed by atoms with Crippen LogP contribution in [0.2, 0.25) is 0 Å². The van der Waals surface area contributed by atoms with Crippen molar-refractivity contribution in [1.82, 2.24) is 10.2 Å². The molecular weight excluding hydrogens is 268 g/mol. The van der Waals surface area contributed by atoms with Gasteiger partial charge >= 0.3 is 0 Å². The molecule has 2 atom stereocenters. The minimum Gasteiger partial charge on any atom is -0.388 e. The number of carbonyl (C=O) groups excluding carboxylic acids is 2. The van der Waals surface area contributed by atoms with Gasteiger partial charge in [-0.2, -0.15) is 0 Å². The number of carbonyl (C=O) groups is 2. The molecule has 2 rings (SSSR count). The van der Waals surface area contributed by atoms with E-state index in [1.54, 1.807) is 6.07 Å². The molecule has 104 valence electrons. The summed E-state index contributed by atoms with van der Waals surface area (Å²) in [5.74, 6) is -0.594. The van der Waals surface area contributed by atoms with Gasteiger partial charge in [-0.15, -0.1) is 11.3 Å². The second kappa shape index (κ2) is 5.68. The zero-order chi connectivity index (χ0) is 14.0. The van der Waals surface area contributed by atoms with Crippen molar-refractivity contribution in [2.24, 2.45) is 0 Å². The predicted octanol–water partition coefficient (Wildman–Crippen LogP) is -0.650. The third-order valence-corrected chi connectivity index (χ3v) is 3.98. The van der Waals surface area contributed by atoms with Crippen molar-refractivity contribution in [2.75, 3.05) is 19.6 Å². The SMILES string of the molecule is Cc1ccc(C(=O)NCC(=O)N2CC(O)C(O)C2)s1. The number of nitrogens with zero attached hydrogens (tertiary/aromatic N) is 1. The topological polar surface area (TPSA) is 89.9 Å². The maximum absolute atomic E-state index is 11.8. The zero-order valence-electron chi connectivity index (χ0n) is 10.5. The van der Waals surface area contributed by atoms with Crippen molar-refractivity contribution < 1.29 is 19.8 Å². The van der Waals surface area contributed by atoms with Gasteiger partial charge in [0.2, 0.25) is 5.91 Å². The minimum atomic E-state index is -0.903. The fourth-order valence-corrected chi connectivity index (χ4v) is 2.67. The van der Waals surface area contributed by atoms with E-state index in [0.717, 1.165) is 4.88 Å². The van der Waals surface area contributed by atoms with Gasteiger partial charge in [0.05, 0.1) is 23.6 Å². The Morgan fingerprint density at radius 3 is 2.53 bits per heavy atom. The highest BCUT2D eigenvalue weighted by molar-refractivity contribution is 7.13. The van der Waals surface area contributed by atoms with Gasteiger partial charge in [0, 0.05) is 18.0 Å². The number of hydrogen-bond donors (Lipinski definition) is 3. The molecule has 0 aliphatic carbocycles. The number of aryl methyl sites for hydroxylation is 1. The summed E-state index contributed by atoms with van der Waals surface area (Å²) in [6.45, 7) is 1.98. The van der Waals surface area contributed by atoms with Crippen molar-refractivity contribution in [3.63, 3.8) is 0 Å². The summed E-state index contributed by atoms with van der Waals surface area (Å²) in [7, 11) is 0. The molecule has 3 N–H and O–H groups in total. The van der Waals surface area contributed by atoms with Crippen LogP contribution in [0.25, 0.3) is 0 Å². The molecule has 2 heterocycles. The molecule has 0 spiro atoms.